The van der Waals surface area contributed by atoms with Crippen molar-refractivity contribution in [3.63, 3.8) is 0 Å². The molecule has 0 aromatic carbocycles. The van der Waals surface area contributed by atoms with E-state index < -0.39 is 17.8 Å². The van der Waals surface area contributed by atoms with Crippen LogP contribution in [-0.4, -0.2) is 27.0 Å². The van der Waals surface area contributed by atoms with Crippen molar-refractivity contribution in [3.8, 4) is 0 Å². The highest BCUT2D eigenvalue weighted by molar-refractivity contribution is 6.29. The number of halogens is 1. The summed E-state index contributed by atoms with van der Waals surface area (Å²) in [5.41, 5.74) is 0. The number of aliphatic carboxylic acids is 1. The van der Waals surface area contributed by atoms with Gasteiger partial charge in [-0.1, -0.05) is 24.4 Å². The summed E-state index contributed by atoms with van der Waals surface area (Å²) in [5, 5.41) is 11.9. The number of nitrogens with one attached hydrogen (secondary N) is 1. The quantitative estimate of drug-likeness (QED) is 0.827. The molecule has 0 spiro atoms. The van der Waals surface area contributed by atoms with Crippen LogP contribution in [0.4, 0.5) is 5.95 Å². The number of rotatable bonds is 3. The third-order valence-corrected chi connectivity index (χ3v) is 3.49. The average molecular weight is 284 g/mol. The van der Waals surface area contributed by atoms with E-state index in [1.807, 2.05) is 0 Å². The Morgan fingerprint density at radius 1 is 1.32 bits per heavy atom. The maximum Gasteiger partial charge on any atom is 0.307 e. The van der Waals surface area contributed by atoms with Crippen LogP contribution in [0, 0.1) is 11.8 Å². The molecule has 1 amide bonds. The molecular weight excluding hydrogens is 270 g/mol. The molecule has 1 aromatic heterocycles. The Morgan fingerprint density at radius 2 is 2.00 bits per heavy atom. The highest BCUT2D eigenvalue weighted by atomic mass is 35.5. The normalized spacial score (nSPS) is 22.8. The lowest BCUT2D eigenvalue weighted by Gasteiger charge is -2.27. The van der Waals surface area contributed by atoms with E-state index >= 15 is 0 Å². The van der Waals surface area contributed by atoms with E-state index in [4.69, 9.17) is 16.7 Å². The Morgan fingerprint density at radius 3 is 2.63 bits per heavy atom. The molecule has 2 N–H and O–H groups in total. The van der Waals surface area contributed by atoms with E-state index in [-0.39, 0.29) is 17.0 Å². The van der Waals surface area contributed by atoms with Gasteiger partial charge in [0, 0.05) is 6.20 Å². The lowest BCUT2D eigenvalue weighted by atomic mass is 9.79. The Labute approximate surface area is 115 Å². The van der Waals surface area contributed by atoms with Gasteiger partial charge in [-0.2, -0.15) is 0 Å². The monoisotopic (exact) mass is 283 g/mol. The maximum absolute atomic E-state index is 12.1. The smallest absolute Gasteiger partial charge is 0.307 e. The molecule has 0 saturated heterocycles. The van der Waals surface area contributed by atoms with Crippen LogP contribution in [0.5, 0.6) is 0 Å². The lowest BCUT2D eigenvalue weighted by molar-refractivity contribution is -0.147. The number of carbonyl (C=O) groups is 2. The van der Waals surface area contributed by atoms with Gasteiger partial charge in [0.2, 0.25) is 11.9 Å². The zero-order valence-electron chi connectivity index (χ0n) is 10.2. The van der Waals surface area contributed by atoms with Gasteiger partial charge in [0.05, 0.1) is 11.8 Å². The van der Waals surface area contributed by atoms with Crippen LogP contribution in [-0.2, 0) is 9.59 Å². The van der Waals surface area contributed by atoms with Gasteiger partial charge in [-0.25, -0.2) is 9.97 Å². The number of carboxylic acid groups (broad SMARTS) is 1. The Kier molecular flexibility index (Phi) is 4.31. The molecule has 2 atom stereocenters. The van der Waals surface area contributed by atoms with Crippen LogP contribution in [0.2, 0.25) is 5.15 Å². The summed E-state index contributed by atoms with van der Waals surface area (Å²) in [7, 11) is 0. The van der Waals surface area contributed by atoms with E-state index in [0.717, 1.165) is 12.8 Å². The number of hydrogen-bond donors (Lipinski definition) is 2. The lowest BCUT2D eigenvalue weighted by Crippen LogP contribution is -2.36. The number of hydrogen-bond acceptors (Lipinski definition) is 4. The van der Waals surface area contributed by atoms with Crippen molar-refractivity contribution < 1.29 is 14.7 Å². The fourth-order valence-electron chi connectivity index (χ4n) is 2.34. The minimum absolute atomic E-state index is 0.104. The van der Waals surface area contributed by atoms with Crippen LogP contribution in [0.25, 0.3) is 0 Å². The zero-order valence-corrected chi connectivity index (χ0v) is 10.9. The molecule has 1 heterocycles. The largest absolute Gasteiger partial charge is 0.481 e. The van der Waals surface area contributed by atoms with Gasteiger partial charge in [0.1, 0.15) is 5.15 Å². The number of aromatic nitrogens is 2. The third-order valence-electron chi connectivity index (χ3n) is 3.28. The summed E-state index contributed by atoms with van der Waals surface area (Å²) >= 11 is 5.70. The van der Waals surface area contributed by atoms with E-state index in [2.05, 4.69) is 15.3 Å². The summed E-state index contributed by atoms with van der Waals surface area (Å²) in [6.07, 6.45) is 4.24. The van der Waals surface area contributed by atoms with Crippen molar-refractivity contribution in [2.45, 2.75) is 25.7 Å². The molecule has 1 aliphatic carbocycles. The molecule has 0 bridgehead atoms. The summed E-state index contributed by atoms with van der Waals surface area (Å²) in [5.74, 6) is -2.34. The molecule has 0 aliphatic heterocycles. The SMILES string of the molecule is O=C(O)C1CCCCC1C(=O)Nc1nccc(Cl)n1. The van der Waals surface area contributed by atoms with Crippen molar-refractivity contribution in [1.29, 1.82) is 0 Å². The second-order valence-electron chi connectivity index (χ2n) is 4.53. The third kappa shape index (κ3) is 3.41. The van der Waals surface area contributed by atoms with E-state index in [0.29, 0.717) is 12.8 Å². The molecule has 1 aliphatic rings. The highest BCUT2D eigenvalue weighted by Gasteiger charge is 2.35. The van der Waals surface area contributed by atoms with E-state index in [1.54, 1.807) is 0 Å². The summed E-state index contributed by atoms with van der Waals surface area (Å²) in [6, 6.07) is 1.50. The standard InChI is InChI=1S/C12H14ClN3O3/c13-9-5-6-14-12(15-9)16-10(17)7-3-1-2-4-8(7)11(18)19/h5-8H,1-4H2,(H,18,19)(H,14,15,16,17). The minimum atomic E-state index is -0.924. The molecule has 7 heteroatoms. The van der Waals surface area contributed by atoms with Gasteiger partial charge in [0.25, 0.3) is 0 Å². The summed E-state index contributed by atoms with van der Waals surface area (Å²) in [6.45, 7) is 0. The molecule has 1 saturated carbocycles. The second kappa shape index (κ2) is 5.97. The summed E-state index contributed by atoms with van der Waals surface area (Å²) in [4.78, 5) is 31.0. The number of anilines is 1. The van der Waals surface area contributed by atoms with E-state index in [1.165, 1.54) is 12.3 Å². The first-order valence-corrected chi connectivity index (χ1v) is 6.48. The Balaban J connectivity index is 2.07. The molecule has 19 heavy (non-hydrogen) atoms. The van der Waals surface area contributed by atoms with Gasteiger partial charge in [-0.3, -0.25) is 14.9 Å². The van der Waals surface area contributed by atoms with Gasteiger partial charge >= 0.3 is 5.97 Å². The molecule has 1 aromatic rings. The van der Waals surface area contributed by atoms with Crippen LogP contribution in [0.15, 0.2) is 12.3 Å². The van der Waals surface area contributed by atoms with Gasteiger partial charge < -0.3 is 5.11 Å². The van der Waals surface area contributed by atoms with Crippen molar-refractivity contribution in [2.75, 3.05) is 5.32 Å². The Hall–Kier alpha value is -1.69. The zero-order chi connectivity index (χ0) is 13.8. The van der Waals surface area contributed by atoms with Crippen LogP contribution >= 0.6 is 11.6 Å². The molecular formula is C12H14ClN3O3. The molecule has 102 valence electrons. The first-order valence-electron chi connectivity index (χ1n) is 6.10. The highest BCUT2D eigenvalue weighted by Crippen LogP contribution is 2.31. The first kappa shape index (κ1) is 13.7. The molecule has 2 rings (SSSR count). The Bertz CT molecular complexity index is 495. The summed E-state index contributed by atoms with van der Waals surface area (Å²) < 4.78 is 0. The van der Waals surface area contributed by atoms with E-state index in [9.17, 15) is 9.59 Å². The van der Waals surface area contributed by atoms with Gasteiger partial charge in [0.15, 0.2) is 0 Å². The number of nitrogens with zero attached hydrogens (tertiary/aromatic N) is 2. The first-order chi connectivity index (χ1) is 9.08. The van der Waals surface area contributed by atoms with Gasteiger partial charge in [-0.05, 0) is 18.9 Å². The minimum Gasteiger partial charge on any atom is -0.481 e. The van der Waals surface area contributed by atoms with Crippen LogP contribution in [0.1, 0.15) is 25.7 Å². The van der Waals surface area contributed by atoms with Crippen molar-refractivity contribution in [1.82, 2.24) is 9.97 Å². The fourth-order valence-corrected chi connectivity index (χ4v) is 2.48. The average Bonchev–Trinajstić information content (AvgIpc) is 2.38. The molecule has 1 fully saturated rings. The topological polar surface area (TPSA) is 92.2 Å². The number of carboxylic acids is 1. The van der Waals surface area contributed by atoms with Gasteiger partial charge in [-0.15, -0.1) is 0 Å². The predicted molar refractivity (Wildman–Crippen MR) is 68.8 cm³/mol. The predicted octanol–water partition coefficient (Wildman–Crippen LogP) is 1.96. The number of amides is 1. The van der Waals surface area contributed by atoms with Crippen molar-refractivity contribution in [3.05, 3.63) is 17.4 Å². The van der Waals surface area contributed by atoms with Crippen LogP contribution < -0.4 is 5.32 Å². The van der Waals surface area contributed by atoms with Crippen molar-refractivity contribution >= 4 is 29.4 Å². The number of carbonyl (C=O) groups excluding carboxylic acids is 1. The molecule has 0 radical (unpaired) electrons. The molecule has 6 nitrogen and oxygen atoms in total. The van der Waals surface area contributed by atoms with Crippen molar-refractivity contribution in [2.24, 2.45) is 11.8 Å². The molecule has 2 unspecified atom stereocenters. The maximum atomic E-state index is 12.1. The fraction of sp³-hybridized carbons (Fsp3) is 0.500. The second-order valence-corrected chi connectivity index (χ2v) is 4.92. The van der Waals surface area contributed by atoms with Crippen LogP contribution in [0.3, 0.4) is 0 Å².